The smallest absolute Gasteiger partial charge is 0.262 e. The second kappa shape index (κ2) is 8.61. The first-order valence-corrected chi connectivity index (χ1v) is 9.88. The van der Waals surface area contributed by atoms with Gasteiger partial charge >= 0.3 is 0 Å². The van der Waals surface area contributed by atoms with Crippen molar-refractivity contribution in [1.29, 1.82) is 0 Å². The number of amides is 1. The molecular formula is C21H20ClFN4O2. The SMILES string of the molecule is O=C(COc1ccc(Cl)cc1)Nc1ccc(F)c(-c2nnc3n2CCCCC3)c1. The highest BCUT2D eigenvalue weighted by atomic mass is 35.5. The Morgan fingerprint density at radius 3 is 2.79 bits per heavy atom. The van der Waals surface area contributed by atoms with Crippen molar-refractivity contribution in [2.75, 3.05) is 11.9 Å². The van der Waals surface area contributed by atoms with E-state index in [-0.39, 0.29) is 12.5 Å². The molecule has 2 aromatic carbocycles. The number of hydrogen-bond donors (Lipinski definition) is 1. The summed E-state index contributed by atoms with van der Waals surface area (Å²) in [5.41, 5.74) is 0.791. The van der Waals surface area contributed by atoms with Crippen molar-refractivity contribution >= 4 is 23.2 Å². The van der Waals surface area contributed by atoms with Crippen molar-refractivity contribution < 1.29 is 13.9 Å². The van der Waals surface area contributed by atoms with Crippen molar-refractivity contribution in [3.63, 3.8) is 0 Å². The van der Waals surface area contributed by atoms with E-state index >= 15 is 0 Å². The number of aryl methyl sites for hydroxylation is 1. The molecule has 0 saturated heterocycles. The van der Waals surface area contributed by atoms with Gasteiger partial charge in [-0.25, -0.2) is 4.39 Å². The van der Waals surface area contributed by atoms with Crippen LogP contribution in [0.3, 0.4) is 0 Å². The predicted molar refractivity (Wildman–Crippen MR) is 109 cm³/mol. The lowest BCUT2D eigenvalue weighted by molar-refractivity contribution is -0.118. The summed E-state index contributed by atoms with van der Waals surface area (Å²) < 4.78 is 21.9. The number of hydrogen-bond acceptors (Lipinski definition) is 4. The first-order valence-electron chi connectivity index (χ1n) is 9.50. The van der Waals surface area contributed by atoms with E-state index in [1.165, 1.54) is 12.1 Å². The van der Waals surface area contributed by atoms with Crippen LogP contribution >= 0.6 is 11.6 Å². The Bertz CT molecular complexity index is 1020. The number of benzene rings is 2. The fourth-order valence-electron chi connectivity index (χ4n) is 3.34. The molecule has 29 heavy (non-hydrogen) atoms. The summed E-state index contributed by atoms with van der Waals surface area (Å²) in [6, 6.07) is 11.1. The Morgan fingerprint density at radius 2 is 1.97 bits per heavy atom. The molecule has 4 rings (SSSR count). The van der Waals surface area contributed by atoms with E-state index in [9.17, 15) is 9.18 Å². The molecule has 1 aliphatic rings. The summed E-state index contributed by atoms with van der Waals surface area (Å²) in [6.45, 7) is 0.595. The Morgan fingerprint density at radius 1 is 1.14 bits per heavy atom. The van der Waals surface area contributed by atoms with Gasteiger partial charge in [-0.05, 0) is 55.3 Å². The maximum atomic E-state index is 14.5. The maximum absolute atomic E-state index is 14.5. The fourth-order valence-corrected chi connectivity index (χ4v) is 3.46. The lowest BCUT2D eigenvalue weighted by Crippen LogP contribution is -2.20. The van der Waals surface area contributed by atoms with Gasteiger partial charge in [0, 0.05) is 23.7 Å². The van der Waals surface area contributed by atoms with Crippen LogP contribution in [0.15, 0.2) is 42.5 Å². The van der Waals surface area contributed by atoms with Gasteiger partial charge in [-0.15, -0.1) is 10.2 Å². The van der Waals surface area contributed by atoms with Crippen LogP contribution < -0.4 is 10.1 Å². The van der Waals surface area contributed by atoms with E-state index in [4.69, 9.17) is 16.3 Å². The molecule has 2 heterocycles. The Hall–Kier alpha value is -2.93. The Kier molecular flexibility index (Phi) is 5.76. The number of fused-ring (bicyclic) bond motifs is 1. The zero-order valence-corrected chi connectivity index (χ0v) is 16.5. The van der Waals surface area contributed by atoms with E-state index in [0.29, 0.717) is 27.8 Å². The number of halogens is 2. The van der Waals surface area contributed by atoms with Gasteiger partial charge in [-0.2, -0.15) is 0 Å². The van der Waals surface area contributed by atoms with Crippen LogP contribution in [0.1, 0.15) is 25.1 Å². The summed E-state index contributed by atoms with van der Waals surface area (Å²) >= 11 is 5.83. The molecule has 0 radical (unpaired) electrons. The van der Waals surface area contributed by atoms with Crippen LogP contribution in [0.2, 0.25) is 5.02 Å². The van der Waals surface area contributed by atoms with Gasteiger partial charge in [0.15, 0.2) is 12.4 Å². The molecule has 0 bridgehead atoms. The molecule has 3 aromatic rings. The highest BCUT2D eigenvalue weighted by Gasteiger charge is 2.19. The number of anilines is 1. The van der Waals surface area contributed by atoms with Gasteiger partial charge in [0.1, 0.15) is 17.4 Å². The van der Waals surface area contributed by atoms with Gasteiger partial charge in [0.05, 0.1) is 5.56 Å². The fraction of sp³-hybridized carbons (Fsp3) is 0.286. The number of nitrogens with zero attached hydrogens (tertiary/aromatic N) is 3. The third kappa shape index (κ3) is 4.56. The van der Waals surface area contributed by atoms with Gasteiger partial charge in [0.2, 0.25) is 0 Å². The summed E-state index contributed by atoms with van der Waals surface area (Å²) in [4.78, 5) is 12.2. The van der Waals surface area contributed by atoms with Crippen LogP contribution in [0.4, 0.5) is 10.1 Å². The lowest BCUT2D eigenvalue weighted by atomic mass is 10.1. The molecule has 6 nitrogen and oxygen atoms in total. The van der Waals surface area contributed by atoms with Gasteiger partial charge < -0.3 is 14.6 Å². The molecule has 1 aliphatic heterocycles. The van der Waals surface area contributed by atoms with Crippen LogP contribution in [0, 0.1) is 5.82 Å². The molecule has 0 saturated carbocycles. The monoisotopic (exact) mass is 414 g/mol. The Balaban J connectivity index is 1.48. The largest absolute Gasteiger partial charge is 0.484 e. The van der Waals surface area contributed by atoms with Crippen LogP contribution in [0.5, 0.6) is 5.75 Å². The van der Waals surface area contributed by atoms with Crippen molar-refractivity contribution in [1.82, 2.24) is 14.8 Å². The van der Waals surface area contributed by atoms with Gasteiger partial charge in [0.25, 0.3) is 5.91 Å². The summed E-state index contributed by atoms with van der Waals surface area (Å²) in [5, 5.41) is 11.7. The zero-order chi connectivity index (χ0) is 20.2. The second-order valence-electron chi connectivity index (χ2n) is 6.89. The first-order chi connectivity index (χ1) is 14.1. The highest BCUT2D eigenvalue weighted by molar-refractivity contribution is 6.30. The third-order valence-electron chi connectivity index (χ3n) is 4.78. The predicted octanol–water partition coefficient (Wildman–Crippen LogP) is 4.48. The van der Waals surface area contributed by atoms with E-state index in [1.54, 1.807) is 30.3 Å². The normalized spacial score (nSPS) is 13.4. The van der Waals surface area contributed by atoms with E-state index in [1.807, 2.05) is 4.57 Å². The molecular weight excluding hydrogens is 395 g/mol. The number of nitrogens with one attached hydrogen (secondary N) is 1. The third-order valence-corrected chi connectivity index (χ3v) is 5.04. The molecule has 0 spiro atoms. The van der Waals surface area contributed by atoms with Crippen molar-refractivity contribution in [2.45, 2.75) is 32.2 Å². The van der Waals surface area contributed by atoms with Crippen molar-refractivity contribution in [3.05, 3.63) is 59.1 Å². The van der Waals surface area contributed by atoms with E-state index < -0.39 is 5.82 Å². The number of carbonyl (C=O) groups is 1. The summed E-state index contributed by atoms with van der Waals surface area (Å²) in [5.74, 6) is 1.16. The van der Waals surface area contributed by atoms with Crippen LogP contribution in [-0.4, -0.2) is 27.3 Å². The molecule has 150 valence electrons. The number of ether oxygens (including phenoxy) is 1. The average molecular weight is 415 g/mol. The second-order valence-corrected chi connectivity index (χ2v) is 7.32. The quantitative estimate of drug-likeness (QED) is 0.668. The minimum Gasteiger partial charge on any atom is -0.484 e. The molecule has 8 heteroatoms. The standard InChI is InChI=1S/C21H20ClFN4O2/c22-14-5-8-16(9-6-14)29-13-20(28)24-15-7-10-18(23)17(12-15)21-26-25-19-4-2-1-3-11-27(19)21/h5-10,12H,1-4,11,13H2,(H,24,28). The van der Waals surface area contributed by atoms with E-state index in [2.05, 4.69) is 15.5 Å². The maximum Gasteiger partial charge on any atom is 0.262 e. The highest BCUT2D eigenvalue weighted by Crippen LogP contribution is 2.27. The molecule has 0 atom stereocenters. The Labute approximate surface area is 172 Å². The van der Waals surface area contributed by atoms with Gasteiger partial charge in [-0.3, -0.25) is 4.79 Å². The van der Waals surface area contributed by atoms with Crippen molar-refractivity contribution in [2.24, 2.45) is 0 Å². The first kappa shape index (κ1) is 19.4. The number of carbonyl (C=O) groups excluding carboxylic acids is 1. The summed E-state index contributed by atoms with van der Waals surface area (Å²) in [7, 11) is 0. The molecule has 0 unspecified atom stereocenters. The average Bonchev–Trinajstić information content (AvgIpc) is 2.96. The summed E-state index contributed by atoms with van der Waals surface area (Å²) in [6.07, 6.45) is 4.03. The van der Waals surface area contributed by atoms with Crippen molar-refractivity contribution in [3.8, 4) is 17.1 Å². The van der Waals surface area contributed by atoms with Crippen LogP contribution in [-0.2, 0) is 17.8 Å². The molecule has 1 N–H and O–H groups in total. The topological polar surface area (TPSA) is 69.0 Å². The lowest BCUT2D eigenvalue weighted by Gasteiger charge is -2.11. The molecule has 0 aliphatic carbocycles. The number of aromatic nitrogens is 3. The molecule has 1 aromatic heterocycles. The zero-order valence-electron chi connectivity index (χ0n) is 15.7. The molecule has 1 amide bonds. The van der Waals surface area contributed by atoms with E-state index in [0.717, 1.165) is 38.1 Å². The minimum absolute atomic E-state index is 0.172. The minimum atomic E-state index is -0.403. The number of rotatable bonds is 5. The van der Waals surface area contributed by atoms with Gasteiger partial charge in [-0.1, -0.05) is 18.0 Å². The molecule has 0 fully saturated rings. The van der Waals surface area contributed by atoms with Crippen LogP contribution in [0.25, 0.3) is 11.4 Å².